The molecular weight excluding hydrogens is 338 g/mol. The molecule has 1 aromatic heterocycles. The highest BCUT2D eigenvalue weighted by Gasteiger charge is 2.16. The fourth-order valence-electron chi connectivity index (χ4n) is 3.80. The minimum absolute atomic E-state index is 0.124. The lowest BCUT2D eigenvalue weighted by Gasteiger charge is -2.15. The van der Waals surface area contributed by atoms with E-state index in [4.69, 9.17) is 4.74 Å². The van der Waals surface area contributed by atoms with Crippen molar-refractivity contribution < 1.29 is 9.53 Å². The van der Waals surface area contributed by atoms with Gasteiger partial charge in [0, 0.05) is 23.1 Å². The fourth-order valence-corrected chi connectivity index (χ4v) is 3.80. The van der Waals surface area contributed by atoms with E-state index in [1.165, 1.54) is 18.4 Å². The van der Waals surface area contributed by atoms with E-state index in [0.29, 0.717) is 5.69 Å². The highest BCUT2D eigenvalue weighted by molar-refractivity contribution is 6.08. The number of fused-ring (bicyclic) bond motifs is 1. The van der Waals surface area contributed by atoms with Crippen molar-refractivity contribution in [1.82, 2.24) is 9.88 Å². The minimum atomic E-state index is -0.124. The van der Waals surface area contributed by atoms with Gasteiger partial charge in [0.1, 0.15) is 11.4 Å². The number of H-pyrrole nitrogens is 1. The Morgan fingerprint density at radius 3 is 2.78 bits per heavy atom. The van der Waals surface area contributed by atoms with E-state index in [1.54, 1.807) is 7.11 Å². The summed E-state index contributed by atoms with van der Waals surface area (Å²) in [6.07, 6.45) is 2.56. The number of aromatic nitrogens is 1. The molecule has 2 aromatic carbocycles. The van der Waals surface area contributed by atoms with Crippen LogP contribution in [0.1, 0.15) is 34.5 Å². The van der Waals surface area contributed by atoms with E-state index < -0.39 is 0 Å². The molecule has 4 rings (SSSR count). The molecule has 0 saturated carbocycles. The molecule has 0 aliphatic carbocycles. The minimum Gasteiger partial charge on any atom is -0.497 e. The van der Waals surface area contributed by atoms with Gasteiger partial charge in [-0.3, -0.25) is 9.69 Å². The lowest BCUT2D eigenvalue weighted by Crippen LogP contribution is -2.18. The molecule has 1 aliphatic rings. The van der Waals surface area contributed by atoms with Gasteiger partial charge >= 0.3 is 0 Å². The average molecular weight is 363 g/mol. The standard InChI is InChI=1S/C22H25N3O2/c1-15-19-13-18(27-2)8-9-20(19)24-21(15)22(26)23-17-7-5-6-16(12-17)14-25-10-3-4-11-25/h5-9,12-13,24H,3-4,10-11,14H2,1-2H3,(H,23,26). The normalized spacial score (nSPS) is 14.6. The number of carbonyl (C=O) groups is 1. The van der Waals surface area contributed by atoms with Crippen LogP contribution in [0.5, 0.6) is 5.75 Å². The molecule has 0 spiro atoms. The maximum absolute atomic E-state index is 12.8. The summed E-state index contributed by atoms with van der Waals surface area (Å²) in [6, 6.07) is 13.9. The second kappa shape index (κ2) is 7.45. The first-order valence-corrected chi connectivity index (χ1v) is 9.43. The topological polar surface area (TPSA) is 57.4 Å². The summed E-state index contributed by atoms with van der Waals surface area (Å²) in [5, 5.41) is 4.04. The molecule has 3 aromatic rings. The van der Waals surface area contributed by atoms with Crippen molar-refractivity contribution in [2.45, 2.75) is 26.3 Å². The van der Waals surface area contributed by atoms with Crippen molar-refractivity contribution in [2.75, 3.05) is 25.5 Å². The third-order valence-corrected chi connectivity index (χ3v) is 5.28. The number of ether oxygens (including phenoxy) is 1. The molecule has 2 N–H and O–H groups in total. The number of methoxy groups -OCH3 is 1. The van der Waals surface area contributed by atoms with Crippen LogP contribution >= 0.6 is 0 Å². The van der Waals surface area contributed by atoms with E-state index in [-0.39, 0.29) is 5.91 Å². The number of hydrogen-bond donors (Lipinski definition) is 2. The van der Waals surface area contributed by atoms with Crippen LogP contribution in [0.3, 0.4) is 0 Å². The number of benzene rings is 2. The number of aryl methyl sites for hydroxylation is 1. The first-order valence-electron chi connectivity index (χ1n) is 9.43. The monoisotopic (exact) mass is 363 g/mol. The molecule has 1 saturated heterocycles. The van der Waals surface area contributed by atoms with Gasteiger partial charge in [0.2, 0.25) is 0 Å². The number of amides is 1. The van der Waals surface area contributed by atoms with Crippen LogP contribution < -0.4 is 10.1 Å². The molecule has 1 amide bonds. The van der Waals surface area contributed by atoms with Crippen molar-refractivity contribution in [3.8, 4) is 5.75 Å². The Hall–Kier alpha value is -2.79. The van der Waals surface area contributed by atoms with Crippen LogP contribution in [0.2, 0.25) is 0 Å². The van der Waals surface area contributed by atoms with Crippen LogP contribution in [0.4, 0.5) is 5.69 Å². The summed E-state index contributed by atoms with van der Waals surface area (Å²) in [7, 11) is 1.64. The number of nitrogens with one attached hydrogen (secondary N) is 2. The van der Waals surface area contributed by atoms with E-state index in [0.717, 1.165) is 47.5 Å². The van der Waals surface area contributed by atoms with E-state index >= 15 is 0 Å². The maximum Gasteiger partial charge on any atom is 0.272 e. The summed E-state index contributed by atoms with van der Waals surface area (Å²) in [4.78, 5) is 18.5. The Kier molecular flexibility index (Phi) is 4.86. The van der Waals surface area contributed by atoms with Gasteiger partial charge in [-0.1, -0.05) is 12.1 Å². The molecule has 0 unspecified atom stereocenters. The van der Waals surface area contributed by atoms with Crippen molar-refractivity contribution in [2.24, 2.45) is 0 Å². The number of aromatic amines is 1. The lowest BCUT2D eigenvalue weighted by atomic mass is 10.1. The molecule has 5 nitrogen and oxygen atoms in total. The molecule has 0 bridgehead atoms. The Morgan fingerprint density at radius 2 is 2.00 bits per heavy atom. The smallest absolute Gasteiger partial charge is 0.272 e. The lowest BCUT2D eigenvalue weighted by molar-refractivity contribution is 0.102. The summed E-state index contributed by atoms with van der Waals surface area (Å²) in [5.41, 5.74) is 4.50. The summed E-state index contributed by atoms with van der Waals surface area (Å²) < 4.78 is 5.29. The number of carbonyl (C=O) groups excluding carboxylic acids is 1. The fraction of sp³-hybridized carbons (Fsp3) is 0.318. The summed E-state index contributed by atoms with van der Waals surface area (Å²) >= 11 is 0. The zero-order chi connectivity index (χ0) is 18.8. The van der Waals surface area contributed by atoms with Gasteiger partial charge in [-0.05, 0) is 74.3 Å². The van der Waals surface area contributed by atoms with Crippen LogP contribution in [0, 0.1) is 6.92 Å². The number of rotatable bonds is 5. The maximum atomic E-state index is 12.8. The quantitative estimate of drug-likeness (QED) is 0.709. The third kappa shape index (κ3) is 3.69. The van der Waals surface area contributed by atoms with Crippen LogP contribution in [-0.4, -0.2) is 36.0 Å². The molecule has 5 heteroatoms. The highest BCUT2D eigenvalue weighted by Crippen LogP contribution is 2.26. The predicted molar refractivity (Wildman–Crippen MR) is 108 cm³/mol. The van der Waals surface area contributed by atoms with Gasteiger partial charge in [0.15, 0.2) is 0 Å². The van der Waals surface area contributed by atoms with Gasteiger partial charge in [0.05, 0.1) is 7.11 Å². The first-order chi connectivity index (χ1) is 13.1. The highest BCUT2D eigenvalue weighted by atomic mass is 16.5. The van der Waals surface area contributed by atoms with E-state index in [9.17, 15) is 4.79 Å². The average Bonchev–Trinajstić information content (AvgIpc) is 3.30. The molecular formula is C22H25N3O2. The van der Waals surface area contributed by atoms with Gasteiger partial charge in [-0.15, -0.1) is 0 Å². The van der Waals surface area contributed by atoms with Crippen molar-refractivity contribution >= 4 is 22.5 Å². The third-order valence-electron chi connectivity index (χ3n) is 5.28. The van der Waals surface area contributed by atoms with Crippen molar-refractivity contribution in [3.05, 3.63) is 59.3 Å². The largest absolute Gasteiger partial charge is 0.497 e. The number of nitrogens with zero attached hydrogens (tertiary/aromatic N) is 1. The molecule has 140 valence electrons. The van der Waals surface area contributed by atoms with Gasteiger partial charge in [-0.25, -0.2) is 0 Å². The van der Waals surface area contributed by atoms with Gasteiger partial charge in [0.25, 0.3) is 5.91 Å². The Bertz CT molecular complexity index is 971. The predicted octanol–water partition coefficient (Wildman–Crippen LogP) is 4.33. The second-order valence-electron chi connectivity index (χ2n) is 7.17. The number of likely N-dealkylation sites (tertiary alicyclic amines) is 1. The molecule has 0 atom stereocenters. The molecule has 1 fully saturated rings. The zero-order valence-electron chi connectivity index (χ0n) is 15.8. The molecule has 27 heavy (non-hydrogen) atoms. The van der Waals surface area contributed by atoms with Crippen LogP contribution in [0.15, 0.2) is 42.5 Å². The number of anilines is 1. The van der Waals surface area contributed by atoms with Crippen molar-refractivity contribution in [3.63, 3.8) is 0 Å². The zero-order valence-corrected chi connectivity index (χ0v) is 15.8. The van der Waals surface area contributed by atoms with Gasteiger partial charge < -0.3 is 15.0 Å². The van der Waals surface area contributed by atoms with Crippen LogP contribution in [-0.2, 0) is 6.54 Å². The molecule has 0 radical (unpaired) electrons. The Balaban J connectivity index is 1.53. The number of hydrogen-bond acceptors (Lipinski definition) is 3. The first kappa shape index (κ1) is 17.6. The summed E-state index contributed by atoms with van der Waals surface area (Å²) in [6.45, 7) is 5.22. The van der Waals surface area contributed by atoms with E-state index in [1.807, 2.05) is 37.3 Å². The van der Waals surface area contributed by atoms with E-state index in [2.05, 4.69) is 27.3 Å². The Morgan fingerprint density at radius 1 is 1.19 bits per heavy atom. The SMILES string of the molecule is COc1ccc2[nH]c(C(=O)Nc3cccc(CN4CCCC4)c3)c(C)c2c1. The van der Waals surface area contributed by atoms with Crippen molar-refractivity contribution in [1.29, 1.82) is 0 Å². The second-order valence-corrected chi connectivity index (χ2v) is 7.17. The van der Waals surface area contributed by atoms with Crippen LogP contribution in [0.25, 0.3) is 10.9 Å². The molecule has 2 heterocycles. The van der Waals surface area contributed by atoms with Gasteiger partial charge in [-0.2, -0.15) is 0 Å². The Labute approximate surface area is 159 Å². The summed E-state index contributed by atoms with van der Waals surface area (Å²) in [5.74, 6) is 0.659. The molecule has 1 aliphatic heterocycles.